The summed E-state index contributed by atoms with van der Waals surface area (Å²) >= 11 is 0. The number of ether oxygens (including phenoxy) is 1. The number of aliphatic imine (C=N–C) groups is 1. The Bertz CT molecular complexity index is 1530. The monoisotopic (exact) mass is 523 g/mol. The number of Topliss-reactive ketones (excluding diaryl/α,β-unsaturated/α-hetero) is 1. The second-order valence-corrected chi connectivity index (χ2v) is 10.3. The highest BCUT2D eigenvalue weighted by molar-refractivity contribution is 6.22. The first-order valence-electron chi connectivity index (χ1n) is 13.2. The number of hydrogen-bond acceptors (Lipinski definition) is 6. The fourth-order valence-corrected chi connectivity index (χ4v) is 5.26. The second kappa shape index (κ2) is 11.3. The van der Waals surface area contributed by atoms with Gasteiger partial charge in [0.2, 0.25) is 0 Å². The maximum atomic E-state index is 12.9. The smallest absolute Gasteiger partial charge is 0.338 e. The van der Waals surface area contributed by atoms with Crippen molar-refractivity contribution < 1.29 is 19.4 Å². The zero-order valence-electron chi connectivity index (χ0n) is 22.5. The molecule has 0 spiro atoms. The lowest BCUT2D eigenvalue weighted by molar-refractivity contribution is 0.0600. The van der Waals surface area contributed by atoms with Crippen LogP contribution in [-0.2, 0) is 4.74 Å². The van der Waals surface area contributed by atoms with Gasteiger partial charge in [-0.1, -0.05) is 30.3 Å². The van der Waals surface area contributed by atoms with Crippen molar-refractivity contribution in [3.63, 3.8) is 0 Å². The number of rotatable bonds is 7. The number of aromatic hydroxyl groups is 1. The second-order valence-electron chi connectivity index (χ2n) is 10.3. The first kappa shape index (κ1) is 26.4. The Hall–Kier alpha value is -4.23. The fourth-order valence-electron chi connectivity index (χ4n) is 5.26. The molecule has 4 aromatic rings. The number of methoxy groups -OCH3 is 1. The molecular weight excluding hydrogens is 490 g/mol. The van der Waals surface area contributed by atoms with Crippen LogP contribution in [0.4, 0.5) is 5.69 Å². The van der Waals surface area contributed by atoms with E-state index in [1.807, 2.05) is 67.6 Å². The van der Waals surface area contributed by atoms with E-state index in [-0.39, 0.29) is 11.7 Å². The van der Waals surface area contributed by atoms with Crippen LogP contribution < -0.4 is 0 Å². The number of hydrogen-bond donors (Lipinski definition) is 2. The van der Waals surface area contributed by atoms with E-state index in [1.165, 1.54) is 7.11 Å². The molecule has 2 heterocycles. The highest BCUT2D eigenvalue weighted by Gasteiger charge is 2.22. The topological polar surface area (TPSA) is 95.0 Å². The number of H-pyrrole nitrogens is 1. The molecule has 1 aromatic heterocycles. The number of aromatic nitrogens is 1. The van der Waals surface area contributed by atoms with Gasteiger partial charge >= 0.3 is 5.97 Å². The van der Waals surface area contributed by atoms with E-state index in [2.05, 4.69) is 16.9 Å². The van der Waals surface area contributed by atoms with Crippen LogP contribution in [0, 0.1) is 12.8 Å². The Kier molecular flexibility index (Phi) is 7.61. The average Bonchev–Trinajstić information content (AvgIpc) is 3.27. The number of ketones is 1. The molecule has 3 aromatic carbocycles. The van der Waals surface area contributed by atoms with Crippen molar-refractivity contribution in [1.82, 2.24) is 9.88 Å². The molecule has 1 fully saturated rings. The van der Waals surface area contributed by atoms with Gasteiger partial charge < -0.3 is 19.7 Å². The molecule has 39 heavy (non-hydrogen) atoms. The first-order valence-corrected chi connectivity index (χ1v) is 13.2. The molecule has 0 atom stereocenters. The largest absolute Gasteiger partial charge is 0.494 e. The summed E-state index contributed by atoms with van der Waals surface area (Å²) in [6, 6.07) is 20.5. The minimum absolute atomic E-state index is 0.0426. The molecule has 1 aliphatic heterocycles. The summed E-state index contributed by atoms with van der Waals surface area (Å²) in [5.74, 6) is 0.116. The van der Waals surface area contributed by atoms with Gasteiger partial charge in [0.05, 0.1) is 29.6 Å². The maximum Gasteiger partial charge on any atom is 0.338 e. The number of benzene rings is 3. The summed E-state index contributed by atoms with van der Waals surface area (Å²) in [6.45, 7) is 3.91. The molecule has 5 rings (SSSR count). The molecule has 2 N–H and O–H groups in total. The van der Waals surface area contributed by atoms with Crippen LogP contribution in [0.15, 0.2) is 71.7 Å². The van der Waals surface area contributed by atoms with Gasteiger partial charge in [-0.3, -0.25) is 4.79 Å². The number of nitrogens with zero attached hydrogens (tertiary/aromatic N) is 2. The van der Waals surface area contributed by atoms with E-state index >= 15 is 0 Å². The number of aromatic amines is 1. The highest BCUT2D eigenvalue weighted by atomic mass is 16.5. The molecule has 7 nitrogen and oxygen atoms in total. The molecule has 0 aliphatic carbocycles. The summed E-state index contributed by atoms with van der Waals surface area (Å²) < 4.78 is 4.91. The number of carbonyl (C=O) groups excluding carboxylic acids is 2. The van der Waals surface area contributed by atoms with Crippen molar-refractivity contribution >= 4 is 34.1 Å². The Morgan fingerprint density at radius 3 is 2.38 bits per heavy atom. The molecule has 0 saturated carbocycles. The van der Waals surface area contributed by atoms with Gasteiger partial charge in [0.15, 0.2) is 11.7 Å². The van der Waals surface area contributed by atoms with Gasteiger partial charge in [0.25, 0.3) is 0 Å². The van der Waals surface area contributed by atoms with Gasteiger partial charge in [0, 0.05) is 28.5 Å². The number of likely N-dealkylation sites (tertiary alicyclic amines) is 1. The van der Waals surface area contributed by atoms with Crippen molar-refractivity contribution in [3.8, 4) is 5.88 Å². The lowest BCUT2D eigenvalue weighted by atomic mass is 9.90. The summed E-state index contributed by atoms with van der Waals surface area (Å²) in [5.41, 5.74) is 5.06. The molecule has 0 bridgehead atoms. The Labute approximate surface area is 228 Å². The highest BCUT2D eigenvalue weighted by Crippen LogP contribution is 2.33. The third kappa shape index (κ3) is 5.64. The van der Waals surface area contributed by atoms with Crippen molar-refractivity contribution in [2.45, 2.75) is 26.2 Å². The molecule has 200 valence electrons. The van der Waals surface area contributed by atoms with Gasteiger partial charge in [0.1, 0.15) is 0 Å². The maximum absolute atomic E-state index is 12.9. The number of fused-ring (bicyclic) bond motifs is 1. The van der Waals surface area contributed by atoms with Crippen LogP contribution in [-0.4, -0.2) is 59.7 Å². The third-order valence-corrected chi connectivity index (χ3v) is 7.56. The van der Waals surface area contributed by atoms with Gasteiger partial charge in [-0.05, 0) is 87.8 Å². The standard InChI is InChI=1S/C32H33N3O4/c1-20-17-26-27(19-25(20)32(38)39-3)34-31(37)29(26)30(23-7-5-4-6-8-23)33-24-11-9-22(10-12-24)28(36)18-21-13-15-35(2)16-14-21/h4-12,17,19,21,34,37H,13-16,18H2,1-3H3. The zero-order valence-corrected chi connectivity index (χ0v) is 22.5. The fraction of sp³-hybridized carbons (Fsp3) is 0.281. The Balaban J connectivity index is 1.50. The van der Waals surface area contributed by atoms with Crippen molar-refractivity contribution in [2.24, 2.45) is 10.9 Å². The third-order valence-electron chi connectivity index (χ3n) is 7.56. The first-order chi connectivity index (χ1) is 18.8. The molecule has 7 heteroatoms. The Morgan fingerprint density at radius 1 is 1.03 bits per heavy atom. The summed E-state index contributed by atoms with van der Waals surface area (Å²) in [5, 5.41) is 11.8. The number of esters is 1. The van der Waals surface area contributed by atoms with Gasteiger partial charge in [-0.2, -0.15) is 0 Å². The summed E-state index contributed by atoms with van der Waals surface area (Å²) in [7, 11) is 3.47. The zero-order chi connectivity index (χ0) is 27.5. The normalized spacial score (nSPS) is 15.0. The van der Waals surface area contributed by atoms with Crippen molar-refractivity contribution in [1.29, 1.82) is 0 Å². The van der Waals surface area contributed by atoms with E-state index in [0.717, 1.165) is 42.4 Å². The van der Waals surface area contributed by atoms with Crippen LogP contribution in [0.5, 0.6) is 5.88 Å². The number of nitrogens with one attached hydrogen (secondary N) is 1. The molecular formula is C32H33N3O4. The molecule has 1 aliphatic rings. The average molecular weight is 524 g/mol. The number of piperidine rings is 1. The van der Waals surface area contributed by atoms with E-state index in [9.17, 15) is 14.7 Å². The number of aryl methyl sites for hydroxylation is 1. The minimum Gasteiger partial charge on any atom is -0.494 e. The van der Waals surface area contributed by atoms with Crippen molar-refractivity contribution in [2.75, 3.05) is 27.2 Å². The van der Waals surface area contributed by atoms with Crippen LogP contribution in [0.3, 0.4) is 0 Å². The summed E-state index contributed by atoms with van der Waals surface area (Å²) in [4.78, 5) is 35.4. The predicted octanol–water partition coefficient (Wildman–Crippen LogP) is 6.05. The van der Waals surface area contributed by atoms with Crippen LogP contribution in [0.2, 0.25) is 0 Å². The van der Waals surface area contributed by atoms with E-state index in [0.29, 0.717) is 45.9 Å². The van der Waals surface area contributed by atoms with Gasteiger partial charge in [-0.15, -0.1) is 0 Å². The molecule has 0 amide bonds. The lowest BCUT2D eigenvalue weighted by Crippen LogP contribution is -2.31. The predicted molar refractivity (Wildman–Crippen MR) is 153 cm³/mol. The quantitative estimate of drug-likeness (QED) is 0.175. The van der Waals surface area contributed by atoms with E-state index in [1.54, 1.807) is 6.07 Å². The minimum atomic E-state index is -0.438. The van der Waals surface area contributed by atoms with Gasteiger partial charge in [-0.25, -0.2) is 9.79 Å². The van der Waals surface area contributed by atoms with Crippen LogP contribution in [0.1, 0.15) is 56.7 Å². The van der Waals surface area contributed by atoms with Crippen molar-refractivity contribution in [3.05, 3.63) is 94.5 Å². The van der Waals surface area contributed by atoms with E-state index in [4.69, 9.17) is 9.73 Å². The lowest BCUT2D eigenvalue weighted by Gasteiger charge is -2.28. The molecule has 0 radical (unpaired) electrons. The SMILES string of the molecule is COC(=O)c1cc2[nH]c(O)c(C(=Nc3ccc(C(=O)CC4CCN(C)CC4)cc3)c3ccccc3)c2cc1C. The van der Waals surface area contributed by atoms with Crippen LogP contribution >= 0.6 is 0 Å². The van der Waals surface area contributed by atoms with Crippen LogP contribution in [0.25, 0.3) is 10.9 Å². The number of carbonyl (C=O) groups is 2. The molecule has 0 unspecified atom stereocenters. The summed E-state index contributed by atoms with van der Waals surface area (Å²) in [6.07, 6.45) is 2.68. The Morgan fingerprint density at radius 2 is 1.72 bits per heavy atom. The van der Waals surface area contributed by atoms with E-state index < -0.39 is 5.97 Å². The molecule has 1 saturated heterocycles.